The van der Waals surface area contributed by atoms with Crippen LogP contribution in [0.4, 0.5) is 14.9 Å². The molecule has 1 heterocycles. The lowest BCUT2D eigenvalue weighted by Crippen LogP contribution is -2.38. The molecule has 23 heavy (non-hydrogen) atoms. The molecule has 1 fully saturated rings. The number of thioether (sulfide) groups is 1. The average molecular weight is 342 g/mol. The molecule has 7 heteroatoms. The van der Waals surface area contributed by atoms with Crippen LogP contribution in [-0.2, 0) is 4.74 Å². The molecule has 1 aliphatic heterocycles. The van der Waals surface area contributed by atoms with Crippen molar-refractivity contribution >= 4 is 23.5 Å². The SMILES string of the molecule is COCCOc1ccc(NC(=O)N2CCSC[C@@H](C)C2)cc1F. The predicted molar refractivity (Wildman–Crippen MR) is 90.9 cm³/mol. The first-order chi connectivity index (χ1) is 11.1. The molecule has 1 saturated heterocycles. The molecule has 1 aromatic rings. The van der Waals surface area contributed by atoms with Gasteiger partial charge >= 0.3 is 6.03 Å². The summed E-state index contributed by atoms with van der Waals surface area (Å²) in [7, 11) is 1.56. The fourth-order valence-electron chi connectivity index (χ4n) is 2.30. The van der Waals surface area contributed by atoms with E-state index in [1.807, 2.05) is 11.8 Å². The molecule has 0 radical (unpaired) electrons. The van der Waals surface area contributed by atoms with Gasteiger partial charge in [0.1, 0.15) is 6.61 Å². The molecule has 2 rings (SSSR count). The number of rotatable bonds is 5. The van der Waals surface area contributed by atoms with Crippen molar-refractivity contribution in [1.29, 1.82) is 0 Å². The van der Waals surface area contributed by atoms with Gasteiger partial charge in [0, 0.05) is 37.7 Å². The van der Waals surface area contributed by atoms with Crippen molar-refractivity contribution in [1.82, 2.24) is 4.90 Å². The first-order valence-corrected chi connectivity index (χ1v) is 8.80. The van der Waals surface area contributed by atoms with Gasteiger partial charge in [-0.05, 0) is 23.8 Å². The standard InChI is InChI=1S/C16H23FN2O3S/c1-12-10-19(5-8-23-11-12)16(20)18-13-3-4-15(14(17)9-13)22-7-6-21-2/h3-4,9,12H,5-8,10-11H2,1-2H3,(H,18,20)/t12-/m0/s1. The number of carbonyl (C=O) groups excluding carboxylic acids is 1. The molecule has 1 aliphatic rings. The molecule has 128 valence electrons. The van der Waals surface area contributed by atoms with Crippen molar-refractivity contribution in [3.05, 3.63) is 24.0 Å². The minimum Gasteiger partial charge on any atom is -0.488 e. The zero-order valence-corrected chi connectivity index (χ0v) is 14.3. The van der Waals surface area contributed by atoms with Crippen LogP contribution in [0.3, 0.4) is 0 Å². The highest BCUT2D eigenvalue weighted by atomic mass is 32.2. The summed E-state index contributed by atoms with van der Waals surface area (Å²) in [4.78, 5) is 14.1. The average Bonchev–Trinajstić information content (AvgIpc) is 2.74. The third-order valence-electron chi connectivity index (χ3n) is 3.46. The molecular weight excluding hydrogens is 319 g/mol. The molecule has 0 unspecified atom stereocenters. The number of nitrogens with zero attached hydrogens (tertiary/aromatic N) is 1. The molecule has 0 saturated carbocycles. The Morgan fingerprint density at radius 1 is 1.48 bits per heavy atom. The van der Waals surface area contributed by atoms with E-state index in [0.717, 1.165) is 18.1 Å². The Labute approximate surface area is 140 Å². The maximum absolute atomic E-state index is 14.0. The van der Waals surface area contributed by atoms with Crippen LogP contribution in [0.25, 0.3) is 0 Å². The van der Waals surface area contributed by atoms with E-state index >= 15 is 0 Å². The van der Waals surface area contributed by atoms with Gasteiger partial charge in [0.15, 0.2) is 11.6 Å². The van der Waals surface area contributed by atoms with Crippen molar-refractivity contribution in [2.75, 3.05) is 50.2 Å². The Kier molecular flexibility index (Phi) is 6.98. The van der Waals surface area contributed by atoms with Gasteiger partial charge in [-0.1, -0.05) is 6.92 Å². The molecule has 1 atom stereocenters. The Morgan fingerprint density at radius 3 is 3.04 bits per heavy atom. The van der Waals surface area contributed by atoms with Gasteiger partial charge in [-0.25, -0.2) is 9.18 Å². The minimum absolute atomic E-state index is 0.153. The highest BCUT2D eigenvalue weighted by Gasteiger charge is 2.20. The monoisotopic (exact) mass is 342 g/mol. The molecule has 1 N–H and O–H groups in total. The summed E-state index contributed by atoms with van der Waals surface area (Å²) < 4.78 is 24.1. The lowest BCUT2D eigenvalue weighted by atomic mass is 10.2. The zero-order chi connectivity index (χ0) is 16.7. The number of methoxy groups -OCH3 is 1. The topological polar surface area (TPSA) is 50.8 Å². The lowest BCUT2D eigenvalue weighted by Gasteiger charge is -2.22. The Balaban J connectivity index is 1.94. The molecule has 0 spiro atoms. The first-order valence-electron chi connectivity index (χ1n) is 7.65. The second kappa shape index (κ2) is 8.98. The van der Waals surface area contributed by atoms with Crippen molar-refractivity contribution in [2.45, 2.75) is 6.92 Å². The molecule has 0 aliphatic carbocycles. The number of halogens is 1. The highest BCUT2D eigenvalue weighted by molar-refractivity contribution is 7.99. The van der Waals surface area contributed by atoms with E-state index in [2.05, 4.69) is 12.2 Å². The van der Waals surface area contributed by atoms with Crippen LogP contribution >= 0.6 is 11.8 Å². The van der Waals surface area contributed by atoms with Gasteiger partial charge < -0.3 is 19.7 Å². The fraction of sp³-hybridized carbons (Fsp3) is 0.562. The minimum atomic E-state index is -0.501. The Morgan fingerprint density at radius 2 is 2.30 bits per heavy atom. The summed E-state index contributed by atoms with van der Waals surface area (Å²) in [5.41, 5.74) is 0.427. The maximum atomic E-state index is 14.0. The second-order valence-corrected chi connectivity index (χ2v) is 6.69. The molecule has 0 aromatic heterocycles. The summed E-state index contributed by atoms with van der Waals surface area (Å²) in [5.74, 6) is 2.10. The van der Waals surface area contributed by atoms with Crippen molar-refractivity contribution in [3.63, 3.8) is 0 Å². The van der Waals surface area contributed by atoms with Crippen LogP contribution < -0.4 is 10.1 Å². The van der Waals surface area contributed by atoms with Crippen molar-refractivity contribution < 1.29 is 18.7 Å². The summed E-state index contributed by atoms with van der Waals surface area (Å²) in [6.07, 6.45) is 0. The van der Waals surface area contributed by atoms with Crippen LogP contribution in [0.5, 0.6) is 5.75 Å². The number of hydrogen-bond donors (Lipinski definition) is 1. The lowest BCUT2D eigenvalue weighted by molar-refractivity contribution is 0.144. The number of benzene rings is 1. The van der Waals surface area contributed by atoms with Gasteiger partial charge in [0.25, 0.3) is 0 Å². The second-order valence-electron chi connectivity index (χ2n) is 5.54. The summed E-state index contributed by atoms with van der Waals surface area (Å²) in [6, 6.07) is 4.24. The number of carbonyl (C=O) groups is 1. The van der Waals surface area contributed by atoms with Crippen molar-refractivity contribution in [3.8, 4) is 5.75 Å². The zero-order valence-electron chi connectivity index (χ0n) is 13.5. The number of hydrogen-bond acceptors (Lipinski definition) is 4. The fourth-order valence-corrected chi connectivity index (χ4v) is 3.32. The third kappa shape index (κ3) is 5.58. The van der Waals surface area contributed by atoms with Crippen LogP contribution in [0, 0.1) is 11.7 Å². The molecule has 0 bridgehead atoms. The number of anilines is 1. The summed E-state index contributed by atoms with van der Waals surface area (Å²) in [6.45, 7) is 4.23. The predicted octanol–water partition coefficient (Wildman–Crippen LogP) is 3.07. The van der Waals surface area contributed by atoms with E-state index in [1.54, 1.807) is 18.1 Å². The van der Waals surface area contributed by atoms with Gasteiger partial charge in [-0.2, -0.15) is 11.8 Å². The van der Waals surface area contributed by atoms with E-state index < -0.39 is 5.82 Å². The van der Waals surface area contributed by atoms with Gasteiger partial charge in [0.05, 0.1) is 6.61 Å². The maximum Gasteiger partial charge on any atom is 0.321 e. The molecule has 5 nitrogen and oxygen atoms in total. The number of amides is 2. The van der Waals surface area contributed by atoms with Crippen LogP contribution in [-0.4, -0.2) is 55.8 Å². The third-order valence-corrected chi connectivity index (χ3v) is 4.73. The molecule has 1 aromatic carbocycles. The van der Waals surface area contributed by atoms with Crippen LogP contribution in [0.2, 0.25) is 0 Å². The van der Waals surface area contributed by atoms with Gasteiger partial charge in [-0.15, -0.1) is 0 Å². The van der Waals surface area contributed by atoms with E-state index in [0.29, 0.717) is 24.8 Å². The van der Waals surface area contributed by atoms with E-state index in [9.17, 15) is 9.18 Å². The number of urea groups is 1. The summed E-state index contributed by atoms with van der Waals surface area (Å²) >= 11 is 1.86. The molecule has 2 amide bonds. The number of nitrogens with one attached hydrogen (secondary N) is 1. The normalized spacial score (nSPS) is 18.4. The van der Waals surface area contributed by atoms with Crippen molar-refractivity contribution in [2.24, 2.45) is 5.92 Å². The highest BCUT2D eigenvalue weighted by Crippen LogP contribution is 2.22. The van der Waals surface area contributed by atoms with Gasteiger partial charge in [0.2, 0.25) is 0 Å². The first kappa shape index (κ1) is 17.9. The largest absolute Gasteiger partial charge is 0.488 e. The smallest absolute Gasteiger partial charge is 0.321 e. The van der Waals surface area contributed by atoms with Crippen LogP contribution in [0.1, 0.15) is 6.92 Å². The van der Waals surface area contributed by atoms with Crippen LogP contribution in [0.15, 0.2) is 18.2 Å². The van der Waals surface area contributed by atoms with E-state index in [4.69, 9.17) is 9.47 Å². The Bertz CT molecular complexity index is 530. The van der Waals surface area contributed by atoms with Gasteiger partial charge in [-0.3, -0.25) is 0 Å². The van der Waals surface area contributed by atoms with E-state index in [1.165, 1.54) is 12.1 Å². The Hall–Kier alpha value is -1.47. The van der Waals surface area contributed by atoms with E-state index in [-0.39, 0.29) is 18.4 Å². The number of ether oxygens (including phenoxy) is 2. The quantitative estimate of drug-likeness (QED) is 0.836. The summed E-state index contributed by atoms with van der Waals surface area (Å²) in [5, 5.41) is 2.75. The molecular formula is C16H23FN2O3S.